The number of rotatable bonds is 1. The van der Waals surface area contributed by atoms with E-state index in [4.69, 9.17) is 0 Å². The minimum atomic E-state index is 1.09. The molecule has 0 amide bonds. The number of hydrogen-bond donors (Lipinski definition) is 1. The fraction of sp³-hybridized carbons (Fsp3) is 0.0968. The van der Waals surface area contributed by atoms with E-state index in [1.54, 1.807) is 0 Å². The zero-order valence-electron chi connectivity index (χ0n) is 18.8. The highest BCUT2D eigenvalue weighted by Crippen LogP contribution is 2.36. The Bertz CT molecular complexity index is 1490. The van der Waals surface area contributed by atoms with E-state index in [0.717, 1.165) is 24.2 Å². The van der Waals surface area contributed by atoms with Crippen molar-refractivity contribution >= 4 is 34.4 Å². The zero-order valence-corrected chi connectivity index (χ0v) is 18.8. The predicted molar refractivity (Wildman–Crippen MR) is 142 cm³/mol. The first-order valence-corrected chi connectivity index (χ1v) is 11.6. The normalized spacial score (nSPS) is 19.1. The van der Waals surface area contributed by atoms with E-state index in [1.807, 2.05) is 0 Å². The Morgan fingerprint density at radius 1 is 0.788 bits per heavy atom. The summed E-state index contributed by atoms with van der Waals surface area (Å²) in [6.45, 7) is 2.19. The van der Waals surface area contributed by atoms with Gasteiger partial charge < -0.3 is 9.88 Å². The van der Waals surface area contributed by atoms with Crippen LogP contribution in [0.1, 0.15) is 30.2 Å². The highest BCUT2D eigenvalue weighted by atomic mass is 15.0. The molecule has 0 unspecified atom stereocenters. The van der Waals surface area contributed by atoms with Crippen LogP contribution in [-0.4, -0.2) is 4.57 Å². The maximum absolute atomic E-state index is 3.56. The summed E-state index contributed by atoms with van der Waals surface area (Å²) in [6.07, 6.45) is 15.6. The van der Waals surface area contributed by atoms with Crippen molar-refractivity contribution in [3.63, 3.8) is 0 Å². The second-order valence-electron chi connectivity index (χ2n) is 8.73. The molecule has 0 spiro atoms. The van der Waals surface area contributed by atoms with Crippen molar-refractivity contribution in [1.82, 2.24) is 4.57 Å². The highest BCUT2D eigenvalue weighted by molar-refractivity contribution is 5.93. The molecule has 0 atom stereocenters. The first-order valence-electron chi connectivity index (χ1n) is 11.6. The monoisotopic (exact) mass is 426 g/mol. The average molecular weight is 427 g/mol. The molecule has 2 heterocycles. The first kappa shape index (κ1) is 19.6. The van der Waals surface area contributed by atoms with E-state index in [0.29, 0.717) is 0 Å². The van der Waals surface area contributed by atoms with Gasteiger partial charge in [0.15, 0.2) is 0 Å². The van der Waals surface area contributed by atoms with Crippen LogP contribution >= 0.6 is 0 Å². The van der Waals surface area contributed by atoms with Crippen LogP contribution in [0, 0.1) is 0 Å². The van der Waals surface area contributed by atoms with Crippen molar-refractivity contribution in [3.05, 3.63) is 120 Å². The van der Waals surface area contributed by atoms with Gasteiger partial charge in [-0.2, -0.15) is 0 Å². The molecule has 0 fully saturated rings. The topological polar surface area (TPSA) is 17.0 Å². The van der Waals surface area contributed by atoms with Crippen LogP contribution in [0.5, 0.6) is 0 Å². The Labute approximate surface area is 194 Å². The van der Waals surface area contributed by atoms with Gasteiger partial charge in [0, 0.05) is 34.2 Å². The second-order valence-corrected chi connectivity index (χ2v) is 8.73. The molecule has 2 aliphatic rings. The summed E-state index contributed by atoms with van der Waals surface area (Å²) < 4.78 is 2.41. The highest BCUT2D eigenvalue weighted by Gasteiger charge is 2.18. The van der Waals surface area contributed by atoms with Crippen LogP contribution in [0.4, 0.5) is 5.69 Å². The second kappa shape index (κ2) is 8.14. The fourth-order valence-electron chi connectivity index (χ4n) is 5.10. The molecule has 0 radical (unpaired) electrons. The summed E-state index contributed by atoms with van der Waals surface area (Å²) in [5.41, 5.74) is 11.1. The van der Waals surface area contributed by atoms with Gasteiger partial charge in [0.2, 0.25) is 0 Å². The molecule has 0 bridgehead atoms. The molecule has 2 nitrogen and oxygen atoms in total. The fourth-order valence-corrected chi connectivity index (χ4v) is 5.10. The third-order valence-electron chi connectivity index (χ3n) is 6.54. The Morgan fingerprint density at radius 3 is 2.52 bits per heavy atom. The standard InChI is InChI=1S/C31H26N2/c1-22-20-23-10-2-3-11-25(23)26-12-4-7-15-29(26)32-19-18-24(21-22)33-30-16-8-5-13-27(30)28-14-6-9-17-31(28)33/h2-5,7-13,15-21,32H,6,14H2,1H3/b19-18+,22-20-,24-21+. The third-order valence-corrected chi connectivity index (χ3v) is 6.54. The number of aryl methyl sites for hydroxylation is 1. The molecule has 1 aliphatic heterocycles. The molecule has 3 aromatic carbocycles. The quantitative estimate of drug-likeness (QED) is 0.325. The Morgan fingerprint density at radius 2 is 1.58 bits per heavy atom. The molecule has 1 aromatic heterocycles. The number of benzene rings is 3. The van der Waals surface area contributed by atoms with E-state index in [-0.39, 0.29) is 0 Å². The van der Waals surface area contributed by atoms with Crippen LogP contribution in [0.25, 0.3) is 39.9 Å². The van der Waals surface area contributed by atoms with Crippen LogP contribution in [0.15, 0.2) is 103 Å². The number of allylic oxidation sites excluding steroid dienone is 5. The van der Waals surface area contributed by atoms with Gasteiger partial charge in [-0.25, -0.2) is 0 Å². The summed E-state index contributed by atoms with van der Waals surface area (Å²) in [6, 6.07) is 25.9. The van der Waals surface area contributed by atoms with Crippen LogP contribution in [0.3, 0.4) is 0 Å². The molecule has 6 rings (SSSR count). The summed E-state index contributed by atoms with van der Waals surface area (Å²) in [5, 5.41) is 4.91. The number of anilines is 1. The lowest BCUT2D eigenvalue weighted by Gasteiger charge is -2.14. The molecule has 0 saturated heterocycles. The van der Waals surface area contributed by atoms with E-state index >= 15 is 0 Å². The molecule has 1 aliphatic carbocycles. The Kier molecular flexibility index (Phi) is 4.84. The largest absolute Gasteiger partial charge is 0.361 e. The maximum Gasteiger partial charge on any atom is 0.0537 e. The number of fused-ring (bicyclic) bond motifs is 6. The van der Waals surface area contributed by atoms with Gasteiger partial charge in [-0.15, -0.1) is 0 Å². The smallest absolute Gasteiger partial charge is 0.0537 e. The van der Waals surface area contributed by atoms with Gasteiger partial charge in [0.1, 0.15) is 0 Å². The first-order chi connectivity index (χ1) is 16.3. The Balaban J connectivity index is 1.60. The lowest BCUT2D eigenvalue weighted by atomic mass is 9.97. The predicted octanol–water partition coefficient (Wildman–Crippen LogP) is 8.15. The number of aromatic nitrogens is 1. The molecule has 33 heavy (non-hydrogen) atoms. The summed E-state index contributed by atoms with van der Waals surface area (Å²) in [5.74, 6) is 0. The minimum absolute atomic E-state index is 1.09. The SMILES string of the molecule is CC1=C/c2ccccc2-c2ccccc2N/C=C/C(n2c3c(c4ccccc42)CCC=C3)=C\1. The van der Waals surface area contributed by atoms with Crippen molar-refractivity contribution in [3.8, 4) is 11.1 Å². The number of nitrogens with zero attached hydrogens (tertiary/aromatic N) is 1. The van der Waals surface area contributed by atoms with Crippen molar-refractivity contribution in [2.24, 2.45) is 0 Å². The van der Waals surface area contributed by atoms with Crippen LogP contribution < -0.4 is 5.32 Å². The molecular weight excluding hydrogens is 400 g/mol. The summed E-state index contributed by atoms with van der Waals surface area (Å²) in [4.78, 5) is 0. The van der Waals surface area contributed by atoms with E-state index in [9.17, 15) is 0 Å². The number of hydrogen-bond acceptors (Lipinski definition) is 1. The molecular formula is C31H26N2. The van der Waals surface area contributed by atoms with Crippen molar-refractivity contribution < 1.29 is 0 Å². The van der Waals surface area contributed by atoms with Crippen LogP contribution in [0.2, 0.25) is 0 Å². The summed E-state index contributed by atoms with van der Waals surface area (Å²) >= 11 is 0. The van der Waals surface area contributed by atoms with Gasteiger partial charge in [-0.05, 0) is 72.4 Å². The molecule has 4 aromatic rings. The average Bonchev–Trinajstić information content (AvgIpc) is 3.17. The third kappa shape index (κ3) is 3.44. The van der Waals surface area contributed by atoms with Gasteiger partial charge >= 0.3 is 0 Å². The molecule has 1 N–H and O–H groups in total. The Hall–Kier alpha value is -4.04. The summed E-state index contributed by atoms with van der Waals surface area (Å²) in [7, 11) is 0. The van der Waals surface area contributed by atoms with E-state index < -0.39 is 0 Å². The van der Waals surface area contributed by atoms with Gasteiger partial charge in [0.05, 0.1) is 5.52 Å². The lowest BCUT2D eigenvalue weighted by molar-refractivity contribution is 0.974. The molecule has 2 heteroatoms. The molecule has 0 saturated carbocycles. The zero-order chi connectivity index (χ0) is 22.2. The number of nitrogens with one attached hydrogen (secondary N) is 1. The molecule has 160 valence electrons. The van der Waals surface area contributed by atoms with E-state index in [1.165, 1.54) is 44.4 Å². The lowest BCUT2D eigenvalue weighted by Crippen LogP contribution is -2.02. The minimum Gasteiger partial charge on any atom is -0.361 e. The van der Waals surface area contributed by atoms with Crippen molar-refractivity contribution in [2.45, 2.75) is 19.8 Å². The van der Waals surface area contributed by atoms with Crippen LogP contribution in [-0.2, 0) is 6.42 Å². The van der Waals surface area contributed by atoms with E-state index in [2.05, 4.69) is 126 Å². The van der Waals surface area contributed by atoms with Gasteiger partial charge in [-0.1, -0.05) is 72.8 Å². The van der Waals surface area contributed by atoms with Gasteiger partial charge in [0.25, 0.3) is 0 Å². The van der Waals surface area contributed by atoms with Gasteiger partial charge in [-0.3, -0.25) is 0 Å². The van der Waals surface area contributed by atoms with Crippen molar-refractivity contribution in [2.75, 3.05) is 5.32 Å². The maximum atomic E-state index is 3.56. The number of para-hydroxylation sites is 2. The van der Waals surface area contributed by atoms with Crippen molar-refractivity contribution in [1.29, 1.82) is 0 Å².